The molecule has 3 amide bonds. The molecule has 5 rings (SSSR count). The standard InChI is InChI=1S/C36H34N4O6/c1-23(2)40(27-16-18-28(46-3)19-17-27)33(42)22-39-31-15-8-7-14-29(31)34(24-10-5-4-6-11-24)38-30(35(39)43)21-32(41)37-26-13-9-12-25(20-26)36(44)45/h4-20,23,30H,21-22H2,1-3H3,(H,37,41)(H,44,45). The number of rotatable bonds is 10. The Morgan fingerprint density at radius 2 is 1.63 bits per heavy atom. The van der Waals surface area contributed by atoms with Crippen LogP contribution in [0.1, 0.15) is 41.8 Å². The third-order valence-electron chi connectivity index (χ3n) is 7.53. The number of benzodiazepines with no additional fused rings is 1. The van der Waals surface area contributed by atoms with Gasteiger partial charge in [0.25, 0.3) is 5.91 Å². The molecule has 0 bridgehead atoms. The molecule has 0 spiro atoms. The van der Waals surface area contributed by atoms with Crippen molar-refractivity contribution in [1.82, 2.24) is 0 Å². The van der Waals surface area contributed by atoms with Crippen LogP contribution in [0.5, 0.6) is 5.75 Å². The van der Waals surface area contributed by atoms with Gasteiger partial charge in [0.15, 0.2) is 0 Å². The lowest BCUT2D eigenvalue weighted by Gasteiger charge is -2.31. The minimum atomic E-state index is -1.17. The summed E-state index contributed by atoms with van der Waals surface area (Å²) in [7, 11) is 1.57. The first-order valence-corrected chi connectivity index (χ1v) is 14.8. The summed E-state index contributed by atoms with van der Waals surface area (Å²) in [6.45, 7) is 3.49. The van der Waals surface area contributed by atoms with Crippen LogP contribution in [-0.2, 0) is 14.4 Å². The van der Waals surface area contributed by atoms with Crippen molar-refractivity contribution in [2.24, 2.45) is 4.99 Å². The topological polar surface area (TPSA) is 129 Å². The van der Waals surface area contributed by atoms with Gasteiger partial charge in [0.05, 0.1) is 30.5 Å². The van der Waals surface area contributed by atoms with E-state index in [9.17, 15) is 24.3 Å². The van der Waals surface area contributed by atoms with E-state index in [1.165, 1.54) is 23.1 Å². The second-order valence-corrected chi connectivity index (χ2v) is 11.0. The van der Waals surface area contributed by atoms with Crippen LogP contribution in [0.3, 0.4) is 0 Å². The maximum atomic E-state index is 14.3. The molecular formula is C36H34N4O6. The normalized spacial score (nSPS) is 14.2. The number of amides is 3. The highest BCUT2D eigenvalue weighted by Gasteiger charge is 2.35. The largest absolute Gasteiger partial charge is 0.497 e. The summed E-state index contributed by atoms with van der Waals surface area (Å²) in [5.41, 5.74) is 3.35. The van der Waals surface area contributed by atoms with Gasteiger partial charge < -0.3 is 25.0 Å². The Kier molecular flexibility index (Phi) is 9.56. The summed E-state index contributed by atoms with van der Waals surface area (Å²) in [6, 6.07) is 28.2. The fourth-order valence-electron chi connectivity index (χ4n) is 5.41. The second-order valence-electron chi connectivity index (χ2n) is 11.0. The van der Waals surface area contributed by atoms with E-state index in [0.29, 0.717) is 28.4 Å². The Morgan fingerprint density at radius 3 is 2.30 bits per heavy atom. The van der Waals surface area contributed by atoms with Gasteiger partial charge >= 0.3 is 5.97 Å². The average molecular weight is 619 g/mol. The predicted octanol–water partition coefficient (Wildman–Crippen LogP) is 5.42. The number of benzene rings is 4. The summed E-state index contributed by atoms with van der Waals surface area (Å²) >= 11 is 0. The van der Waals surface area contributed by atoms with E-state index in [0.717, 1.165) is 5.56 Å². The van der Waals surface area contributed by atoms with Crippen LogP contribution >= 0.6 is 0 Å². The molecule has 4 aromatic rings. The summed E-state index contributed by atoms with van der Waals surface area (Å²) < 4.78 is 5.27. The summed E-state index contributed by atoms with van der Waals surface area (Å²) in [6.07, 6.45) is -0.336. The van der Waals surface area contributed by atoms with Gasteiger partial charge in [0.1, 0.15) is 18.3 Å². The number of aliphatic imine (C=N–C) groups is 1. The molecule has 0 aromatic heterocycles. The van der Waals surface area contributed by atoms with Crippen LogP contribution in [0.2, 0.25) is 0 Å². The third kappa shape index (κ3) is 6.96. The zero-order valence-corrected chi connectivity index (χ0v) is 25.7. The number of carbonyl (C=O) groups is 4. The number of hydrogen-bond acceptors (Lipinski definition) is 6. The monoisotopic (exact) mass is 618 g/mol. The summed E-state index contributed by atoms with van der Waals surface area (Å²) in [4.78, 5) is 61.0. The number of carbonyl (C=O) groups excluding carboxylic acids is 3. The Labute approximate surface area is 266 Å². The number of methoxy groups -OCH3 is 1. The van der Waals surface area contributed by atoms with Gasteiger partial charge in [-0.05, 0) is 62.4 Å². The maximum absolute atomic E-state index is 14.3. The van der Waals surface area contributed by atoms with E-state index < -0.39 is 23.8 Å². The zero-order chi connectivity index (χ0) is 32.8. The van der Waals surface area contributed by atoms with Crippen molar-refractivity contribution in [2.45, 2.75) is 32.4 Å². The van der Waals surface area contributed by atoms with Gasteiger partial charge in [-0.3, -0.25) is 19.4 Å². The number of aromatic carboxylic acids is 1. The van der Waals surface area contributed by atoms with Crippen molar-refractivity contribution in [3.05, 3.63) is 120 Å². The zero-order valence-electron chi connectivity index (χ0n) is 25.7. The van der Waals surface area contributed by atoms with Crippen LogP contribution < -0.4 is 19.9 Å². The molecule has 0 saturated heterocycles. The van der Waals surface area contributed by atoms with Crippen LogP contribution in [-0.4, -0.2) is 60.2 Å². The number of carboxylic acid groups (broad SMARTS) is 1. The van der Waals surface area contributed by atoms with Gasteiger partial charge in [-0.15, -0.1) is 0 Å². The number of anilines is 3. The first kappa shape index (κ1) is 31.6. The van der Waals surface area contributed by atoms with E-state index in [2.05, 4.69) is 5.32 Å². The van der Waals surface area contributed by atoms with Crippen molar-refractivity contribution >= 4 is 46.5 Å². The molecule has 1 heterocycles. The Balaban J connectivity index is 1.52. The molecule has 0 aliphatic carbocycles. The molecule has 10 heteroatoms. The van der Waals surface area contributed by atoms with Crippen LogP contribution in [0.15, 0.2) is 108 Å². The van der Waals surface area contributed by atoms with E-state index >= 15 is 0 Å². The average Bonchev–Trinajstić information content (AvgIpc) is 3.16. The molecule has 0 saturated carbocycles. The van der Waals surface area contributed by atoms with E-state index in [1.807, 2.05) is 56.3 Å². The molecular weight excluding hydrogens is 584 g/mol. The second kappa shape index (κ2) is 13.9. The minimum absolute atomic E-state index is 0.0134. The predicted molar refractivity (Wildman–Crippen MR) is 177 cm³/mol. The quantitative estimate of drug-likeness (QED) is 0.244. The van der Waals surface area contributed by atoms with E-state index in [-0.39, 0.29) is 36.2 Å². The number of carboxylic acids is 1. The first-order chi connectivity index (χ1) is 22.2. The van der Waals surface area contributed by atoms with Gasteiger partial charge in [0, 0.05) is 28.5 Å². The van der Waals surface area contributed by atoms with Crippen LogP contribution in [0, 0.1) is 0 Å². The fourth-order valence-corrected chi connectivity index (χ4v) is 5.41. The molecule has 1 unspecified atom stereocenters. The van der Waals surface area contributed by atoms with Crippen LogP contribution in [0.4, 0.5) is 17.1 Å². The molecule has 234 valence electrons. The molecule has 2 N–H and O–H groups in total. The smallest absolute Gasteiger partial charge is 0.335 e. The van der Waals surface area contributed by atoms with Gasteiger partial charge in [-0.1, -0.05) is 54.6 Å². The number of nitrogens with zero attached hydrogens (tertiary/aromatic N) is 3. The van der Waals surface area contributed by atoms with Crippen molar-refractivity contribution in [2.75, 3.05) is 28.8 Å². The number of hydrogen-bond donors (Lipinski definition) is 2. The number of para-hydroxylation sites is 1. The molecule has 0 fully saturated rings. The van der Waals surface area contributed by atoms with Crippen molar-refractivity contribution in [1.29, 1.82) is 0 Å². The lowest BCUT2D eigenvalue weighted by Crippen LogP contribution is -2.48. The lowest BCUT2D eigenvalue weighted by atomic mass is 10.00. The highest BCUT2D eigenvalue weighted by molar-refractivity contribution is 6.21. The molecule has 1 atom stereocenters. The summed E-state index contributed by atoms with van der Waals surface area (Å²) in [5, 5.41) is 12.0. The molecule has 10 nitrogen and oxygen atoms in total. The van der Waals surface area contributed by atoms with Gasteiger partial charge in [-0.25, -0.2) is 4.79 Å². The molecule has 1 aliphatic rings. The molecule has 4 aromatic carbocycles. The van der Waals surface area contributed by atoms with Gasteiger partial charge in [-0.2, -0.15) is 0 Å². The third-order valence-corrected chi connectivity index (χ3v) is 7.53. The maximum Gasteiger partial charge on any atom is 0.335 e. The van der Waals surface area contributed by atoms with Gasteiger partial charge in [0.2, 0.25) is 11.8 Å². The number of ether oxygens (including phenoxy) is 1. The Morgan fingerprint density at radius 1 is 0.935 bits per heavy atom. The summed E-state index contributed by atoms with van der Waals surface area (Å²) in [5.74, 6) is -1.84. The highest BCUT2D eigenvalue weighted by atomic mass is 16.5. The lowest BCUT2D eigenvalue weighted by molar-refractivity contribution is -0.125. The minimum Gasteiger partial charge on any atom is -0.497 e. The van der Waals surface area contributed by atoms with Crippen LogP contribution in [0.25, 0.3) is 0 Å². The first-order valence-electron chi connectivity index (χ1n) is 14.8. The number of fused-ring (bicyclic) bond motifs is 1. The Bertz CT molecular complexity index is 1790. The Hall–Kier alpha value is -5.77. The van der Waals surface area contributed by atoms with E-state index in [4.69, 9.17) is 9.73 Å². The fraction of sp³-hybridized carbons (Fsp3) is 0.194. The van der Waals surface area contributed by atoms with Crippen molar-refractivity contribution in [3.63, 3.8) is 0 Å². The molecule has 1 aliphatic heterocycles. The molecule has 46 heavy (non-hydrogen) atoms. The number of nitrogens with one attached hydrogen (secondary N) is 1. The van der Waals surface area contributed by atoms with Crippen molar-refractivity contribution in [3.8, 4) is 5.75 Å². The van der Waals surface area contributed by atoms with Crippen molar-refractivity contribution < 1.29 is 29.0 Å². The van der Waals surface area contributed by atoms with E-state index in [1.54, 1.807) is 54.5 Å². The SMILES string of the molecule is COc1ccc(N(C(=O)CN2C(=O)C(CC(=O)Nc3cccc(C(=O)O)c3)N=C(c3ccccc3)c3ccccc32)C(C)C)cc1. The highest BCUT2D eigenvalue weighted by Crippen LogP contribution is 2.30. The molecule has 0 radical (unpaired) electrons.